The summed E-state index contributed by atoms with van der Waals surface area (Å²) in [5, 5.41) is 1.52. The molecule has 0 saturated carbocycles. The summed E-state index contributed by atoms with van der Waals surface area (Å²) in [7, 11) is 0. The Hall–Kier alpha value is -2.62. The summed E-state index contributed by atoms with van der Waals surface area (Å²) >= 11 is 0. The van der Waals surface area contributed by atoms with E-state index in [-0.39, 0.29) is 17.4 Å². The molecule has 2 aromatic rings. The average Bonchev–Trinajstić information content (AvgIpc) is 2.62. The predicted octanol–water partition coefficient (Wildman–Crippen LogP) is 6.66. The highest BCUT2D eigenvalue weighted by atomic mass is 16.5. The van der Waals surface area contributed by atoms with Crippen LogP contribution in [-0.4, -0.2) is 11.9 Å². The Morgan fingerprint density at radius 2 is 1.47 bits per heavy atom. The van der Waals surface area contributed by atoms with Crippen LogP contribution in [0, 0.1) is 12.8 Å². The van der Waals surface area contributed by atoms with Gasteiger partial charge < -0.3 is 9.47 Å². The maximum Gasteiger partial charge on any atom is 0.308 e. The van der Waals surface area contributed by atoms with Crippen molar-refractivity contribution in [1.29, 1.82) is 0 Å². The van der Waals surface area contributed by atoms with Gasteiger partial charge in [0, 0.05) is 30.2 Å². The number of hydrogen-bond acceptors (Lipinski definition) is 4. The Bertz CT molecular complexity index is 980. The molecular weight excluding hydrogens is 376 g/mol. The van der Waals surface area contributed by atoms with Gasteiger partial charge in [-0.3, -0.25) is 9.59 Å². The number of rotatable bonds is 7. The van der Waals surface area contributed by atoms with Crippen molar-refractivity contribution in [2.24, 2.45) is 5.92 Å². The van der Waals surface area contributed by atoms with Gasteiger partial charge in [0.05, 0.1) is 0 Å². The first kappa shape index (κ1) is 23.7. The smallest absolute Gasteiger partial charge is 0.308 e. The van der Waals surface area contributed by atoms with Crippen LogP contribution in [-0.2, 0) is 15.0 Å². The summed E-state index contributed by atoms with van der Waals surface area (Å²) < 4.78 is 11.4. The molecule has 0 amide bonds. The van der Waals surface area contributed by atoms with E-state index in [1.165, 1.54) is 19.4 Å². The third-order valence-corrected chi connectivity index (χ3v) is 5.22. The van der Waals surface area contributed by atoms with Crippen LogP contribution in [0.15, 0.2) is 35.9 Å². The van der Waals surface area contributed by atoms with E-state index in [1.54, 1.807) is 0 Å². The predicted molar refractivity (Wildman–Crippen MR) is 122 cm³/mol. The number of carbonyl (C=O) groups excluding carboxylic acids is 2. The molecule has 0 aliphatic carbocycles. The van der Waals surface area contributed by atoms with Gasteiger partial charge in [0.15, 0.2) is 0 Å². The van der Waals surface area contributed by atoms with Crippen molar-refractivity contribution >= 4 is 22.7 Å². The number of esters is 2. The molecule has 4 heteroatoms. The van der Waals surface area contributed by atoms with Crippen LogP contribution in [0.2, 0.25) is 0 Å². The summed E-state index contributed by atoms with van der Waals surface area (Å²) in [6.45, 7) is 15.6. The lowest BCUT2D eigenvalue weighted by molar-refractivity contribution is -0.133. The largest absolute Gasteiger partial charge is 0.426 e. The zero-order valence-corrected chi connectivity index (χ0v) is 19.5. The van der Waals surface area contributed by atoms with E-state index in [2.05, 4.69) is 40.7 Å². The molecular formula is C26H34O4. The molecule has 0 bridgehead atoms. The second-order valence-corrected chi connectivity index (χ2v) is 9.13. The Kier molecular flexibility index (Phi) is 7.46. The maximum absolute atomic E-state index is 12.0. The van der Waals surface area contributed by atoms with E-state index >= 15 is 0 Å². The molecule has 162 valence electrons. The fraction of sp³-hybridized carbons (Fsp3) is 0.462. The van der Waals surface area contributed by atoms with Gasteiger partial charge in [-0.1, -0.05) is 63.6 Å². The molecule has 0 spiro atoms. The molecule has 2 aromatic carbocycles. The summed E-state index contributed by atoms with van der Waals surface area (Å²) in [5.74, 6) is 0.925. The fourth-order valence-corrected chi connectivity index (χ4v) is 4.10. The first-order chi connectivity index (χ1) is 13.9. The first-order valence-electron chi connectivity index (χ1n) is 10.5. The Balaban J connectivity index is 2.76. The quantitative estimate of drug-likeness (QED) is 0.291. The maximum atomic E-state index is 12.0. The minimum Gasteiger partial charge on any atom is -0.426 e. The van der Waals surface area contributed by atoms with Crippen molar-refractivity contribution in [1.82, 2.24) is 0 Å². The zero-order chi connectivity index (χ0) is 22.6. The van der Waals surface area contributed by atoms with Crippen molar-refractivity contribution < 1.29 is 19.1 Å². The topological polar surface area (TPSA) is 52.6 Å². The second-order valence-electron chi connectivity index (χ2n) is 9.13. The number of hydrogen-bond donors (Lipinski definition) is 0. The van der Waals surface area contributed by atoms with Crippen molar-refractivity contribution in [3.8, 4) is 11.5 Å². The standard InChI is InChI=1S/C26H34O4/c1-16(2)15-17(3)13-14-26(7,8)23-18(4)24(29-19(5)27)21-11-9-10-12-22(21)25(23)30-20(6)28/h9-13,16H,14-15H2,1-8H3/b17-13+. The Morgan fingerprint density at radius 3 is 1.97 bits per heavy atom. The van der Waals surface area contributed by atoms with Gasteiger partial charge >= 0.3 is 11.9 Å². The number of fused-ring (bicyclic) bond motifs is 1. The number of carbonyl (C=O) groups is 2. The van der Waals surface area contributed by atoms with Crippen LogP contribution in [0.5, 0.6) is 11.5 Å². The molecule has 4 nitrogen and oxygen atoms in total. The molecule has 2 rings (SSSR count). The molecule has 0 heterocycles. The Morgan fingerprint density at radius 1 is 0.967 bits per heavy atom. The van der Waals surface area contributed by atoms with Gasteiger partial charge in [-0.25, -0.2) is 0 Å². The summed E-state index contributed by atoms with van der Waals surface area (Å²) in [6.07, 6.45) is 4.08. The lowest BCUT2D eigenvalue weighted by Crippen LogP contribution is -2.21. The third kappa shape index (κ3) is 5.50. The van der Waals surface area contributed by atoms with Gasteiger partial charge in [-0.2, -0.15) is 0 Å². The van der Waals surface area contributed by atoms with Crippen LogP contribution in [0.4, 0.5) is 0 Å². The van der Waals surface area contributed by atoms with Gasteiger partial charge in [-0.05, 0) is 43.6 Å². The normalized spacial score (nSPS) is 12.4. The van der Waals surface area contributed by atoms with Crippen LogP contribution in [0.1, 0.15) is 72.4 Å². The van der Waals surface area contributed by atoms with Crippen molar-refractivity contribution in [2.45, 2.75) is 73.6 Å². The monoisotopic (exact) mass is 410 g/mol. The van der Waals surface area contributed by atoms with E-state index in [0.29, 0.717) is 17.4 Å². The Labute approximate surface area is 180 Å². The zero-order valence-electron chi connectivity index (χ0n) is 19.5. The number of allylic oxidation sites excluding steroid dienone is 2. The minimum absolute atomic E-state index is 0.341. The fourth-order valence-electron chi connectivity index (χ4n) is 4.10. The summed E-state index contributed by atoms with van der Waals surface area (Å²) in [6, 6.07) is 7.57. The third-order valence-electron chi connectivity index (χ3n) is 5.22. The highest BCUT2D eigenvalue weighted by Crippen LogP contribution is 2.47. The SMILES string of the molecule is CC(=O)Oc1c(C)c(C(C)(C)C/C=C(\C)CC(C)C)c(OC(C)=O)c2ccccc12. The molecule has 0 aromatic heterocycles. The van der Waals surface area contributed by atoms with E-state index < -0.39 is 0 Å². The average molecular weight is 411 g/mol. The van der Waals surface area contributed by atoms with Crippen molar-refractivity contribution in [2.75, 3.05) is 0 Å². The van der Waals surface area contributed by atoms with Crippen LogP contribution >= 0.6 is 0 Å². The van der Waals surface area contributed by atoms with Crippen LogP contribution in [0.3, 0.4) is 0 Å². The molecule has 0 N–H and O–H groups in total. The highest BCUT2D eigenvalue weighted by Gasteiger charge is 2.31. The molecule has 0 fully saturated rings. The van der Waals surface area contributed by atoms with Gasteiger partial charge in [-0.15, -0.1) is 0 Å². The molecule has 0 saturated heterocycles. The van der Waals surface area contributed by atoms with Crippen molar-refractivity contribution in [3.05, 3.63) is 47.0 Å². The molecule has 0 aliphatic heterocycles. The van der Waals surface area contributed by atoms with Gasteiger partial charge in [0.25, 0.3) is 0 Å². The highest BCUT2D eigenvalue weighted by molar-refractivity contribution is 5.98. The van der Waals surface area contributed by atoms with Gasteiger partial charge in [0.1, 0.15) is 11.5 Å². The van der Waals surface area contributed by atoms with Crippen LogP contribution < -0.4 is 9.47 Å². The lowest BCUT2D eigenvalue weighted by atomic mass is 9.76. The van der Waals surface area contributed by atoms with E-state index in [4.69, 9.17) is 9.47 Å². The van der Waals surface area contributed by atoms with Gasteiger partial charge in [0.2, 0.25) is 0 Å². The lowest BCUT2D eigenvalue weighted by Gasteiger charge is -2.30. The summed E-state index contributed by atoms with van der Waals surface area (Å²) in [5.41, 5.74) is 2.71. The molecule has 30 heavy (non-hydrogen) atoms. The number of benzene rings is 2. The second kappa shape index (κ2) is 9.46. The molecule has 0 unspecified atom stereocenters. The van der Waals surface area contributed by atoms with E-state index in [1.807, 2.05) is 31.2 Å². The van der Waals surface area contributed by atoms with E-state index in [9.17, 15) is 9.59 Å². The molecule has 0 radical (unpaired) electrons. The molecule has 0 aliphatic rings. The van der Waals surface area contributed by atoms with Crippen molar-refractivity contribution in [3.63, 3.8) is 0 Å². The van der Waals surface area contributed by atoms with Crippen LogP contribution in [0.25, 0.3) is 10.8 Å². The summed E-state index contributed by atoms with van der Waals surface area (Å²) in [4.78, 5) is 23.8. The molecule has 0 atom stereocenters. The number of ether oxygens (including phenoxy) is 2. The minimum atomic E-state index is -0.375. The first-order valence-corrected chi connectivity index (χ1v) is 10.5. The van der Waals surface area contributed by atoms with E-state index in [0.717, 1.165) is 34.7 Å².